The van der Waals surface area contributed by atoms with Gasteiger partial charge < -0.3 is 5.32 Å². The molecule has 0 radical (unpaired) electrons. The zero-order valence-electron chi connectivity index (χ0n) is 17.1. The zero-order chi connectivity index (χ0) is 21.4. The molecule has 1 aliphatic rings. The lowest BCUT2D eigenvalue weighted by Gasteiger charge is -2.08. The SMILES string of the molecule is Cn1nc(-c2ccc(F)cc2)cc1C(=O)NCCn1nc(-c2cccs2)cc1C1CC1. The molecule has 0 aliphatic heterocycles. The number of aromatic nitrogens is 4. The van der Waals surface area contributed by atoms with Crippen LogP contribution in [0.25, 0.3) is 21.8 Å². The Kier molecular flexibility index (Phi) is 5.15. The van der Waals surface area contributed by atoms with E-state index in [1.54, 1.807) is 41.3 Å². The predicted molar refractivity (Wildman–Crippen MR) is 118 cm³/mol. The Morgan fingerprint density at radius 2 is 1.97 bits per heavy atom. The summed E-state index contributed by atoms with van der Waals surface area (Å²) in [5, 5.41) is 14.2. The smallest absolute Gasteiger partial charge is 0.269 e. The molecule has 0 spiro atoms. The molecule has 3 heterocycles. The highest BCUT2D eigenvalue weighted by Gasteiger charge is 2.28. The summed E-state index contributed by atoms with van der Waals surface area (Å²) >= 11 is 1.68. The number of nitrogens with zero attached hydrogens (tertiary/aromatic N) is 4. The third-order valence-electron chi connectivity index (χ3n) is 5.44. The summed E-state index contributed by atoms with van der Waals surface area (Å²) in [7, 11) is 1.73. The van der Waals surface area contributed by atoms with Crippen LogP contribution >= 0.6 is 11.3 Å². The molecule has 1 aliphatic carbocycles. The molecule has 1 aromatic carbocycles. The van der Waals surface area contributed by atoms with Crippen molar-refractivity contribution in [2.45, 2.75) is 25.3 Å². The maximum Gasteiger partial charge on any atom is 0.269 e. The van der Waals surface area contributed by atoms with E-state index >= 15 is 0 Å². The Labute approximate surface area is 183 Å². The lowest BCUT2D eigenvalue weighted by molar-refractivity contribution is 0.0942. The minimum Gasteiger partial charge on any atom is -0.349 e. The number of thiophene rings is 1. The van der Waals surface area contributed by atoms with E-state index in [-0.39, 0.29) is 11.7 Å². The molecular formula is C23H22FN5OS. The number of hydrogen-bond donors (Lipinski definition) is 1. The van der Waals surface area contributed by atoms with Crippen LogP contribution in [0.15, 0.2) is 53.9 Å². The fourth-order valence-corrected chi connectivity index (χ4v) is 4.35. The van der Waals surface area contributed by atoms with Crippen molar-refractivity contribution < 1.29 is 9.18 Å². The molecule has 4 aromatic rings. The minimum atomic E-state index is -0.302. The first-order chi connectivity index (χ1) is 15.1. The number of hydrogen-bond acceptors (Lipinski definition) is 4. The fraction of sp³-hybridized carbons (Fsp3) is 0.261. The van der Waals surface area contributed by atoms with Crippen LogP contribution < -0.4 is 5.32 Å². The van der Waals surface area contributed by atoms with E-state index in [2.05, 4.69) is 27.9 Å². The van der Waals surface area contributed by atoms with E-state index in [1.807, 2.05) is 10.7 Å². The summed E-state index contributed by atoms with van der Waals surface area (Å²) in [6.07, 6.45) is 2.40. The lowest BCUT2D eigenvalue weighted by Crippen LogP contribution is -2.29. The maximum atomic E-state index is 13.2. The van der Waals surface area contributed by atoms with Crippen LogP contribution in [0.1, 0.15) is 34.9 Å². The van der Waals surface area contributed by atoms with Gasteiger partial charge in [0.15, 0.2) is 0 Å². The van der Waals surface area contributed by atoms with Gasteiger partial charge in [-0.3, -0.25) is 14.2 Å². The predicted octanol–water partition coefficient (Wildman–Crippen LogP) is 4.46. The van der Waals surface area contributed by atoms with Gasteiger partial charge in [-0.05, 0) is 60.7 Å². The third kappa shape index (κ3) is 4.16. The summed E-state index contributed by atoms with van der Waals surface area (Å²) in [5.74, 6) is 0.0818. The van der Waals surface area contributed by atoms with Gasteiger partial charge in [-0.15, -0.1) is 11.3 Å². The van der Waals surface area contributed by atoms with E-state index in [1.165, 1.54) is 30.7 Å². The van der Waals surface area contributed by atoms with Gasteiger partial charge in [-0.2, -0.15) is 10.2 Å². The van der Waals surface area contributed by atoms with Gasteiger partial charge in [0.1, 0.15) is 17.2 Å². The molecule has 1 fully saturated rings. The summed E-state index contributed by atoms with van der Waals surface area (Å²) in [6, 6.07) is 14.1. The number of amides is 1. The molecule has 5 rings (SSSR count). The van der Waals surface area contributed by atoms with Gasteiger partial charge in [-0.1, -0.05) is 6.07 Å². The van der Waals surface area contributed by atoms with Crippen molar-refractivity contribution >= 4 is 17.2 Å². The fourth-order valence-electron chi connectivity index (χ4n) is 3.67. The van der Waals surface area contributed by atoms with E-state index < -0.39 is 0 Å². The number of halogens is 1. The highest BCUT2D eigenvalue weighted by Crippen LogP contribution is 2.41. The Balaban J connectivity index is 1.26. The number of carbonyl (C=O) groups is 1. The van der Waals surface area contributed by atoms with Crippen molar-refractivity contribution in [2.24, 2.45) is 7.05 Å². The Bertz CT molecular complexity index is 1210. The molecule has 0 saturated heterocycles. The summed E-state index contributed by atoms with van der Waals surface area (Å²) in [6.45, 7) is 1.09. The van der Waals surface area contributed by atoms with Crippen molar-refractivity contribution in [1.29, 1.82) is 0 Å². The highest BCUT2D eigenvalue weighted by molar-refractivity contribution is 7.13. The van der Waals surface area contributed by atoms with Gasteiger partial charge in [0, 0.05) is 30.8 Å². The quantitative estimate of drug-likeness (QED) is 0.466. The summed E-state index contributed by atoms with van der Waals surface area (Å²) in [4.78, 5) is 13.9. The second kappa shape index (κ2) is 8.11. The molecule has 8 heteroatoms. The molecule has 1 amide bonds. The Hall–Kier alpha value is -3.26. The van der Waals surface area contributed by atoms with Gasteiger partial charge >= 0.3 is 0 Å². The maximum absolute atomic E-state index is 13.2. The molecule has 0 atom stereocenters. The monoisotopic (exact) mass is 435 g/mol. The summed E-state index contributed by atoms with van der Waals surface area (Å²) < 4.78 is 16.7. The van der Waals surface area contributed by atoms with Crippen LogP contribution in [0.4, 0.5) is 4.39 Å². The number of carbonyl (C=O) groups excluding carboxylic acids is 1. The van der Waals surface area contributed by atoms with Crippen LogP contribution in [0.2, 0.25) is 0 Å². The van der Waals surface area contributed by atoms with Crippen molar-refractivity contribution in [3.05, 3.63) is 71.1 Å². The second-order valence-corrected chi connectivity index (χ2v) is 8.68. The van der Waals surface area contributed by atoms with Crippen LogP contribution in [0, 0.1) is 5.82 Å². The van der Waals surface area contributed by atoms with E-state index in [0.29, 0.717) is 30.4 Å². The van der Waals surface area contributed by atoms with Crippen molar-refractivity contribution in [3.8, 4) is 21.8 Å². The molecule has 1 saturated carbocycles. The highest BCUT2D eigenvalue weighted by atomic mass is 32.1. The molecule has 6 nitrogen and oxygen atoms in total. The molecule has 0 unspecified atom stereocenters. The first kappa shape index (κ1) is 19.7. The minimum absolute atomic E-state index is 0.193. The van der Waals surface area contributed by atoms with Crippen molar-refractivity contribution in [2.75, 3.05) is 6.54 Å². The molecular weight excluding hydrogens is 413 g/mol. The van der Waals surface area contributed by atoms with Gasteiger partial charge in [0.2, 0.25) is 0 Å². The van der Waals surface area contributed by atoms with Gasteiger partial charge in [0.05, 0.1) is 17.1 Å². The van der Waals surface area contributed by atoms with Crippen molar-refractivity contribution in [3.63, 3.8) is 0 Å². The standard InChI is InChI=1S/C23H22FN5OS/c1-28-21(13-18(26-28)15-6-8-17(24)9-7-15)23(30)25-10-11-29-20(16-4-5-16)14-19(27-29)22-3-2-12-31-22/h2-3,6-9,12-14,16H,4-5,10-11H2,1H3,(H,25,30). The van der Waals surface area contributed by atoms with Crippen LogP contribution in [0.5, 0.6) is 0 Å². The van der Waals surface area contributed by atoms with Gasteiger partial charge in [0.25, 0.3) is 5.91 Å². The molecule has 1 N–H and O–H groups in total. The molecule has 158 valence electrons. The lowest BCUT2D eigenvalue weighted by atomic mass is 10.1. The van der Waals surface area contributed by atoms with Gasteiger partial charge in [-0.25, -0.2) is 4.39 Å². The van der Waals surface area contributed by atoms with Crippen LogP contribution in [-0.2, 0) is 13.6 Å². The number of nitrogens with one attached hydrogen (secondary N) is 1. The Morgan fingerprint density at radius 1 is 1.16 bits per heavy atom. The van der Waals surface area contributed by atoms with Crippen LogP contribution in [0.3, 0.4) is 0 Å². The van der Waals surface area contributed by atoms with E-state index in [9.17, 15) is 9.18 Å². The first-order valence-corrected chi connectivity index (χ1v) is 11.2. The number of aryl methyl sites for hydroxylation is 1. The molecule has 3 aromatic heterocycles. The first-order valence-electron chi connectivity index (χ1n) is 10.3. The summed E-state index contributed by atoms with van der Waals surface area (Å²) in [5.41, 5.74) is 4.11. The molecule has 0 bridgehead atoms. The van der Waals surface area contributed by atoms with Crippen LogP contribution in [-0.4, -0.2) is 32.0 Å². The van der Waals surface area contributed by atoms with E-state index in [4.69, 9.17) is 5.10 Å². The average molecular weight is 436 g/mol. The normalized spacial score (nSPS) is 13.5. The third-order valence-corrected chi connectivity index (χ3v) is 6.33. The molecule has 31 heavy (non-hydrogen) atoms. The van der Waals surface area contributed by atoms with E-state index in [0.717, 1.165) is 16.1 Å². The number of rotatable bonds is 7. The topological polar surface area (TPSA) is 64.7 Å². The largest absolute Gasteiger partial charge is 0.349 e. The Morgan fingerprint density at radius 3 is 2.68 bits per heavy atom. The average Bonchev–Trinajstić information content (AvgIpc) is 3.15. The number of benzene rings is 1. The van der Waals surface area contributed by atoms with Crippen molar-refractivity contribution in [1.82, 2.24) is 24.9 Å². The second-order valence-electron chi connectivity index (χ2n) is 7.73. The zero-order valence-corrected chi connectivity index (χ0v) is 17.9.